The summed E-state index contributed by atoms with van der Waals surface area (Å²) in [5.74, 6) is -1.39. The Kier molecular flexibility index (Phi) is 6.40. The highest BCUT2D eigenvalue weighted by Crippen LogP contribution is 2.25. The number of hydrogen-bond donors (Lipinski definition) is 1. The summed E-state index contributed by atoms with van der Waals surface area (Å²) in [7, 11) is 0. The van der Waals surface area contributed by atoms with Gasteiger partial charge in [0.25, 0.3) is 11.8 Å². The van der Waals surface area contributed by atoms with E-state index in [0.29, 0.717) is 11.3 Å². The summed E-state index contributed by atoms with van der Waals surface area (Å²) in [6.07, 6.45) is 2.31. The van der Waals surface area contributed by atoms with Gasteiger partial charge in [-0.15, -0.1) is 0 Å². The number of halogens is 2. The lowest BCUT2D eigenvalue weighted by Gasteiger charge is -2.09. The molecule has 0 fully saturated rings. The predicted octanol–water partition coefficient (Wildman–Crippen LogP) is 5.22. The number of nitrogens with zero attached hydrogens (tertiary/aromatic N) is 3. The number of ether oxygens (including phenoxy) is 1. The molecule has 3 rings (SSSR count). The van der Waals surface area contributed by atoms with Gasteiger partial charge in [-0.25, -0.2) is 4.98 Å². The summed E-state index contributed by atoms with van der Waals surface area (Å²) in [5.41, 5.74) is 3.00. The average molecular weight is 423 g/mol. The van der Waals surface area contributed by atoms with Crippen molar-refractivity contribution in [3.8, 4) is 17.7 Å². The highest BCUT2D eigenvalue weighted by atomic mass is 35.5. The van der Waals surface area contributed by atoms with E-state index in [4.69, 9.17) is 16.3 Å². The van der Waals surface area contributed by atoms with Crippen LogP contribution >= 0.6 is 11.6 Å². The van der Waals surface area contributed by atoms with Gasteiger partial charge in [0.05, 0.1) is 6.20 Å². The molecule has 3 aromatic rings. The van der Waals surface area contributed by atoms with Gasteiger partial charge >= 0.3 is 0 Å². The minimum atomic E-state index is -0.772. The van der Waals surface area contributed by atoms with Crippen molar-refractivity contribution in [3.05, 3.63) is 82.0 Å². The third kappa shape index (κ3) is 5.19. The van der Waals surface area contributed by atoms with Crippen LogP contribution in [-0.4, -0.2) is 15.9 Å². The Balaban J connectivity index is 1.82. The monoisotopic (exact) mass is 422 g/mol. The molecular formula is C22H16ClFN4O2. The molecule has 0 radical (unpaired) electrons. The second-order valence-corrected chi connectivity index (χ2v) is 6.75. The molecule has 0 atom stereocenters. The lowest BCUT2D eigenvalue weighted by molar-refractivity contribution is -0.112. The van der Waals surface area contributed by atoms with Crippen molar-refractivity contribution >= 4 is 29.3 Å². The number of anilines is 1. The molecule has 1 amide bonds. The van der Waals surface area contributed by atoms with Crippen LogP contribution in [0.25, 0.3) is 6.08 Å². The number of rotatable bonds is 5. The second-order valence-electron chi connectivity index (χ2n) is 6.41. The molecule has 1 heterocycles. The third-order valence-electron chi connectivity index (χ3n) is 4.06. The number of aryl methyl sites for hydroxylation is 2. The molecule has 0 unspecified atom stereocenters. The number of benzene rings is 2. The summed E-state index contributed by atoms with van der Waals surface area (Å²) in [6.45, 7) is 3.83. The van der Waals surface area contributed by atoms with E-state index >= 15 is 0 Å². The van der Waals surface area contributed by atoms with E-state index in [1.165, 1.54) is 12.1 Å². The van der Waals surface area contributed by atoms with E-state index in [9.17, 15) is 14.4 Å². The SMILES string of the molecule is Cc1ccc(NC(=O)/C(C#N)=C/c2cccc(Oc3nc(Cl)ncc3F)c2)c(C)c1. The van der Waals surface area contributed by atoms with Crippen molar-refractivity contribution in [3.63, 3.8) is 0 Å². The first-order valence-electron chi connectivity index (χ1n) is 8.82. The van der Waals surface area contributed by atoms with Crippen LogP contribution in [0.1, 0.15) is 16.7 Å². The maximum Gasteiger partial charge on any atom is 0.266 e. The molecule has 0 saturated heterocycles. The van der Waals surface area contributed by atoms with Crippen LogP contribution in [0, 0.1) is 31.0 Å². The van der Waals surface area contributed by atoms with Crippen molar-refractivity contribution in [2.75, 3.05) is 5.32 Å². The lowest BCUT2D eigenvalue weighted by Crippen LogP contribution is -2.14. The molecule has 8 heteroatoms. The van der Waals surface area contributed by atoms with E-state index in [2.05, 4.69) is 15.3 Å². The van der Waals surface area contributed by atoms with Gasteiger partial charge in [0.2, 0.25) is 11.1 Å². The maximum absolute atomic E-state index is 13.8. The first-order chi connectivity index (χ1) is 14.4. The van der Waals surface area contributed by atoms with Crippen LogP contribution in [0.4, 0.5) is 10.1 Å². The highest BCUT2D eigenvalue weighted by Gasteiger charge is 2.12. The summed E-state index contributed by atoms with van der Waals surface area (Å²) in [4.78, 5) is 19.7. The number of nitriles is 1. The summed E-state index contributed by atoms with van der Waals surface area (Å²) < 4.78 is 19.2. The van der Waals surface area contributed by atoms with Gasteiger partial charge in [-0.2, -0.15) is 14.6 Å². The smallest absolute Gasteiger partial charge is 0.266 e. The Morgan fingerprint density at radius 1 is 1.27 bits per heavy atom. The van der Waals surface area contributed by atoms with Crippen LogP contribution in [0.5, 0.6) is 11.6 Å². The van der Waals surface area contributed by atoms with Gasteiger partial charge < -0.3 is 10.1 Å². The van der Waals surface area contributed by atoms with Crippen molar-refractivity contribution in [1.82, 2.24) is 9.97 Å². The molecule has 0 aliphatic heterocycles. The summed E-state index contributed by atoms with van der Waals surface area (Å²) in [6, 6.07) is 13.9. The van der Waals surface area contributed by atoms with Gasteiger partial charge in [-0.05, 0) is 60.9 Å². The average Bonchev–Trinajstić information content (AvgIpc) is 2.71. The van der Waals surface area contributed by atoms with Gasteiger partial charge in [0, 0.05) is 5.69 Å². The lowest BCUT2D eigenvalue weighted by atomic mass is 10.1. The van der Waals surface area contributed by atoms with Crippen molar-refractivity contribution in [1.29, 1.82) is 5.26 Å². The Morgan fingerprint density at radius 3 is 2.80 bits per heavy atom. The quantitative estimate of drug-likeness (QED) is 0.346. The molecule has 6 nitrogen and oxygen atoms in total. The van der Waals surface area contributed by atoms with Crippen molar-refractivity contribution in [2.24, 2.45) is 0 Å². The first kappa shape index (κ1) is 21.0. The van der Waals surface area contributed by atoms with E-state index in [-0.39, 0.29) is 22.5 Å². The van der Waals surface area contributed by atoms with Crippen LogP contribution in [-0.2, 0) is 4.79 Å². The Hall–Kier alpha value is -3.76. The Bertz CT molecular complexity index is 1190. The van der Waals surface area contributed by atoms with Crippen LogP contribution in [0.15, 0.2) is 54.2 Å². The van der Waals surface area contributed by atoms with E-state index in [1.807, 2.05) is 32.0 Å². The Labute approximate surface area is 177 Å². The largest absolute Gasteiger partial charge is 0.436 e. The van der Waals surface area contributed by atoms with E-state index in [1.54, 1.807) is 24.3 Å². The standard InChI is InChI=1S/C22H16ClFN4O2/c1-13-6-7-19(14(2)8-13)27-20(29)16(11-25)9-15-4-3-5-17(10-15)30-21-18(24)12-26-22(23)28-21/h3-10,12H,1-2H3,(H,27,29)/b16-9+. The van der Waals surface area contributed by atoms with Crippen LogP contribution in [0.3, 0.4) is 0 Å². The molecule has 2 aromatic carbocycles. The molecule has 30 heavy (non-hydrogen) atoms. The fourth-order valence-electron chi connectivity index (χ4n) is 2.64. The highest BCUT2D eigenvalue weighted by molar-refractivity contribution is 6.28. The topological polar surface area (TPSA) is 87.9 Å². The number of carbonyl (C=O) groups is 1. The normalized spacial score (nSPS) is 11.0. The van der Waals surface area contributed by atoms with Gasteiger partial charge in [-0.1, -0.05) is 29.8 Å². The van der Waals surface area contributed by atoms with E-state index < -0.39 is 11.7 Å². The number of carbonyl (C=O) groups excluding carboxylic acids is 1. The molecule has 0 aliphatic rings. The van der Waals surface area contributed by atoms with Gasteiger partial charge in [0.15, 0.2) is 0 Å². The predicted molar refractivity (Wildman–Crippen MR) is 112 cm³/mol. The fourth-order valence-corrected chi connectivity index (χ4v) is 2.77. The molecule has 1 N–H and O–H groups in total. The number of amides is 1. The maximum atomic E-state index is 13.8. The molecule has 1 aromatic heterocycles. The molecule has 0 saturated carbocycles. The van der Waals surface area contributed by atoms with Crippen LogP contribution < -0.4 is 10.1 Å². The molecular weight excluding hydrogens is 407 g/mol. The molecule has 0 spiro atoms. The zero-order valence-corrected chi connectivity index (χ0v) is 16.9. The minimum Gasteiger partial charge on any atom is -0.436 e. The van der Waals surface area contributed by atoms with Gasteiger partial charge in [-0.3, -0.25) is 4.79 Å². The first-order valence-corrected chi connectivity index (χ1v) is 9.20. The fraction of sp³-hybridized carbons (Fsp3) is 0.0909. The zero-order valence-electron chi connectivity index (χ0n) is 16.1. The summed E-state index contributed by atoms with van der Waals surface area (Å²) >= 11 is 5.66. The minimum absolute atomic E-state index is 0.0941. The number of aromatic nitrogens is 2. The summed E-state index contributed by atoms with van der Waals surface area (Å²) in [5, 5.41) is 12.0. The second kappa shape index (κ2) is 9.16. The van der Waals surface area contributed by atoms with Gasteiger partial charge in [0.1, 0.15) is 17.4 Å². The number of nitrogens with one attached hydrogen (secondary N) is 1. The number of hydrogen-bond acceptors (Lipinski definition) is 5. The molecule has 0 bridgehead atoms. The van der Waals surface area contributed by atoms with Crippen molar-refractivity contribution in [2.45, 2.75) is 13.8 Å². The molecule has 150 valence electrons. The van der Waals surface area contributed by atoms with E-state index in [0.717, 1.165) is 17.3 Å². The molecule has 0 aliphatic carbocycles. The van der Waals surface area contributed by atoms with Crippen molar-refractivity contribution < 1.29 is 13.9 Å². The van der Waals surface area contributed by atoms with Crippen LogP contribution in [0.2, 0.25) is 5.28 Å². The Morgan fingerprint density at radius 2 is 2.07 bits per heavy atom. The third-order valence-corrected chi connectivity index (χ3v) is 4.24. The zero-order chi connectivity index (χ0) is 21.7.